The number of ether oxygens (including phenoxy) is 2. The number of nitrogens with one attached hydrogen (secondary N) is 1. The number of rotatable bonds is 9. The summed E-state index contributed by atoms with van der Waals surface area (Å²) < 4.78 is 10.6. The van der Waals surface area contributed by atoms with E-state index in [-0.39, 0.29) is 17.8 Å². The molecule has 0 bridgehead atoms. The van der Waals surface area contributed by atoms with E-state index >= 15 is 0 Å². The monoisotopic (exact) mass is 428 g/mol. The number of nitrogens with zero attached hydrogens (tertiary/aromatic N) is 1. The van der Waals surface area contributed by atoms with Crippen molar-refractivity contribution in [3.63, 3.8) is 0 Å². The van der Waals surface area contributed by atoms with Crippen LogP contribution in [0.15, 0.2) is 59.7 Å². The maximum Gasteiger partial charge on any atom is 0.344 e. The van der Waals surface area contributed by atoms with Gasteiger partial charge in [0.1, 0.15) is 11.4 Å². The molecule has 0 unspecified atom stereocenters. The summed E-state index contributed by atoms with van der Waals surface area (Å²) in [6.45, 7) is 7.12. The first kappa shape index (κ1) is 23.5. The van der Waals surface area contributed by atoms with Crippen molar-refractivity contribution in [2.45, 2.75) is 44.3 Å². The minimum absolute atomic E-state index is 0.149. The average molecular weight is 429 g/mol. The fraction of sp³-hybridized carbons (Fsp3) is 0.348. The smallest absolute Gasteiger partial charge is 0.344 e. The van der Waals surface area contributed by atoms with Crippen molar-refractivity contribution >= 4 is 29.9 Å². The maximum absolute atomic E-state index is 12.1. The number of hydrazone groups is 1. The molecule has 2 aromatic carbocycles. The van der Waals surface area contributed by atoms with Crippen molar-refractivity contribution < 1.29 is 19.1 Å². The Labute approximate surface area is 182 Å². The summed E-state index contributed by atoms with van der Waals surface area (Å²) in [4.78, 5) is 23.8. The Balaban J connectivity index is 1.74. The lowest BCUT2D eigenvalue weighted by atomic mass is 10.2. The molecule has 0 radical (unpaired) electrons. The molecule has 0 saturated heterocycles. The molecule has 1 N–H and O–H groups in total. The molecule has 0 saturated carbocycles. The van der Waals surface area contributed by atoms with E-state index in [4.69, 9.17) is 9.47 Å². The van der Waals surface area contributed by atoms with Crippen molar-refractivity contribution in [2.24, 2.45) is 5.10 Å². The summed E-state index contributed by atoms with van der Waals surface area (Å²) in [5, 5.41) is 3.79. The number of benzene rings is 2. The Morgan fingerprint density at radius 1 is 1.10 bits per heavy atom. The minimum atomic E-state index is -0.539. The van der Waals surface area contributed by atoms with E-state index in [2.05, 4.69) is 10.5 Å². The first-order valence-electron chi connectivity index (χ1n) is 9.66. The van der Waals surface area contributed by atoms with E-state index in [0.29, 0.717) is 5.75 Å². The molecule has 0 aliphatic heterocycles. The highest BCUT2D eigenvalue weighted by Gasteiger charge is 2.16. The van der Waals surface area contributed by atoms with Gasteiger partial charge in [-0.2, -0.15) is 5.10 Å². The molecular weight excluding hydrogens is 400 g/mol. The molecule has 0 aromatic heterocycles. The predicted octanol–water partition coefficient (Wildman–Crippen LogP) is 4.18. The third-order valence-corrected chi connectivity index (χ3v) is 4.97. The van der Waals surface area contributed by atoms with Gasteiger partial charge in [-0.1, -0.05) is 30.3 Å². The molecule has 1 atom stereocenters. The number of thioether (sulfide) groups is 1. The van der Waals surface area contributed by atoms with Crippen molar-refractivity contribution in [1.82, 2.24) is 5.43 Å². The minimum Gasteiger partial charge on any atom is -0.482 e. The van der Waals surface area contributed by atoms with E-state index in [1.54, 1.807) is 63.0 Å². The lowest BCUT2D eigenvalue weighted by Crippen LogP contribution is -2.27. The lowest BCUT2D eigenvalue weighted by Gasteiger charge is -2.19. The highest BCUT2D eigenvalue weighted by Crippen LogP contribution is 2.17. The Kier molecular flexibility index (Phi) is 8.92. The quantitative estimate of drug-likeness (QED) is 0.368. The number of amides is 1. The third kappa shape index (κ3) is 9.13. The van der Waals surface area contributed by atoms with E-state index in [0.717, 1.165) is 11.3 Å². The molecule has 6 nitrogen and oxygen atoms in total. The van der Waals surface area contributed by atoms with Crippen LogP contribution in [0, 0.1) is 0 Å². The molecule has 160 valence electrons. The van der Waals surface area contributed by atoms with Crippen LogP contribution in [-0.2, 0) is 20.1 Å². The SMILES string of the molecule is C[C@H](SCc1ccccc1)C(=O)N/N=C\c1ccc(OCC(=O)OC(C)(C)C)cc1. The molecule has 2 rings (SSSR count). The Morgan fingerprint density at radius 3 is 2.40 bits per heavy atom. The highest BCUT2D eigenvalue weighted by molar-refractivity contribution is 7.99. The fourth-order valence-electron chi connectivity index (χ4n) is 2.30. The van der Waals surface area contributed by atoms with Crippen molar-refractivity contribution in [3.8, 4) is 5.75 Å². The second-order valence-corrected chi connectivity index (χ2v) is 8.95. The standard InChI is InChI=1S/C23H28N2O4S/c1-17(30-16-19-8-6-5-7-9-19)22(27)25-24-14-18-10-12-20(13-11-18)28-15-21(26)29-23(2,3)4/h5-14,17H,15-16H2,1-4H3,(H,25,27)/b24-14-/t17-/m0/s1. The first-order chi connectivity index (χ1) is 14.2. The summed E-state index contributed by atoms with van der Waals surface area (Å²) in [5.74, 6) is 0.747. The largest absolute Gasteiger partial charge is 0.482 e. The van der Waals surface area contributed by atoms with Gasteiger partial charge in [0, 0.05) is 5.75 Å². The molecule has 0 spiro atoms. The van der Waals surface area contributed by atoms with Gasteiger partial charge in [0.25, 0.3) is 5.91 Å². The molecule has 2 aromatic rings. The molecule has 30 heavy (non-hydrogen) atoms. The first-order valence-corrected chi connectivity index (χ1v) is 10.7. The third-order valence-electron chi connectivity index (χ3n) is 3.76. The Morgan fingerprint density at radius 2 is 1.77 bits per heavy atom. The van der Waals surface area contributed by atoms with E-state index in [1.165, 1.54) is 5.56 Å². The predicted molar refractivity (Wildman–Crippen MR) is 121 cm³/mol. The topological polar surface area (TPSA) is 77.0 Å². The van der Waals surface area contributed by atoms with Crippen LogP contribution in [0.1, 0.15) is 38.8 Å². The average Bonchev–Trinajstić information content (AvgIpc) is 2.71. The van der Waals surface area contributed by atoms with Crippen LogP contribution in [0.2, 0.25) is 0 Å². The van der Waals surface area contributed by atoms with Crippen LogP contribution in [0.3, 0.4) is 0 Å². The summed E-state index contributed by atoms with van der Waals surface area (Å²) in [7, 11) is 0. The van der Waals surface area contributed by atoms with Crippen LogP contribution in [0.25, 0.3) is 0 Å². The molecular formula is C23H28N2O4S. The molecule has 0 aliphatic carbocycles. The molecule has 0 aliphatic rings. The van der Waals surface area contributed by atoms with E-state index in [1.807, 2.05) is 37.3 Å². The second kappa shape index (κ2) is 11.4. The van der Waals surface area contributed by atoms with Crippen LogP contribution in [0.5, 0.6) is 5.75 Å². The Bertz CT molecular complexity index is 846. The zero-order chi connectivity index (χ0) is 22.0. The number of hydrogen-bond acceptors (Lipinski definition) is 6. The van der Waals surface area contributed by atoms with Gasteiger partial charge in [-0.05, 0) is 63.1 Å². The normalized spacial score (nSPS) is 12.4. The van der Waals surface area contributed by atoms with Gasteiger partial charge in [-0.3, -0.25) is 4.79 Å². The molecule has 1 amide bonds. The van der Waals surface area contributed by atoms with Gasteiger partial charge in [0.15, 0.2) is 6.61 Å². The van der Waals surface area contributed by atoms with Gasteiger partial charge in [-0.25, -0.2) is 10.2 Å². The van der Waals surface area contributed by atoms with Gasteiger partial charge in [0.05, 0.1) is 11.5 Å². The summed E-state index contributed by atoms with van der Waals surface area (Å²) in [6.07, 6.45) is 1.56. The summed E-state index contributed by atoms with van der Waals surface area (Å²) >= 11 is 1.56. The highest BCUT2D eigenvalue weighted by atomic mass is 32.2. The number of hydrogen-bond donors (Lipinski definition) is 1. The molecule has 7 heteroatoms. The van der Waals surface area contributed by atoms with Crippen molar-refractivity contribution in [1.29, 1.82) is 0 Å². The lowest BCUT2D eigenvalue weighted by molar-refractivity contribution is -0.157. The fourth-order valence-corrected chi connectivity index (χ4v) is 3.13. The van der Waals surface area contributed by atoms with Crippen molar-refractivity contribution in [3.05, 3.63) is 65.7 Å². The molecule has 0 fully saturated rings. The summed E-state index contributed by atoms with van der Waals surface area (Å²) in [6, 6.07) is 17.0. The number of carbonyl (C=O) groups excluding carboxylic acids is 2. The van der Waals surface area contributed by atoms with Crippen LogP contribution >= 0.6 is 11.8 Å². The van der Waals surface area contributed by atoms with Crippen LogP contribution in [0.4, 0.5) is 0 Å². The van der Waals surface area contributed by atoms with Crippen LogP contribution < -0.4 is 10.2 Å². The van der Waals surface area contributed by atoms with Gasteiger partial charge < -0.3 is 9.47 Å². The van der Waals surface area contributed by atoms with Crippen LogP contribution in [-0.4, -0.2) is 35.5 Å². The number of esters is 1. The zero-order valence-corrected chi connectivity index (χ0v) is 18.6. The maximum atomic E-state index is 12.1. The van der Waals surface area contributed by atoms with Gasteiger partial charge >= 0.3 is 5.97 Å². The second-order valence-electron chi connectivity index (χ2n) is 7.62. The summed E-state index contributed by atoms with van der Waals surface area (Å²) in [5.41, 5.74) is 4.00. The van der Waals surface area contributed by atoms with E-state index in [9.17, 15) is 9.59 Å². The molecule has 0 heterocycles. The van der Waals surface area contributed by atoms with Crippen molar-refractivity contribution in [2.75, 3.05) is 6.61 Å². The van der Waals surface area contributed by atoms with Gasteiger partial charge in [0.2, 0.25) is 0 Å². The number of carbonyl (C=O) groups is 2. The Hall–Kier alpha value is -2.80. The zero-order valence-electron chi connectivity index (χ0n) is 17.8. The van der Waals surface area contributed by atoms with E-state index < -0.39 is 11.6 Å². The van der Waals surface area contributed by atoms with Gasteiger partial charge in [-0.15, -0.1) is 11.8 Å².